The number of halogens is 3. The Kier molecular flexibility index (Phi) is 4.88. The number of aromatic nitrogens is 2. The fourth-order valence-corrected chi connectivity index (χ4v) is 2.84. The first-order valence-electron chi connectivity index (χ1n) is 8.51. The van der Waals surface area contributed by atoms with E-state index >= 15 is 0 Å². The van der Waals surface area contributed by atoms with E-state index in [1.54, 1.807) is 29.2 Å². The van der Waals surface area contributed by atoms with Crippen molar-refractivity contribution in [2.45, 2.75) is 39.5 Å². The molecule has 1 atom stereocenters. The van der Waals surface area contributed by atoms with Crippen LogP contribution < -0.4 is 4.74 Å². The van der Waals surface area contributed by atoms with Crippen LogP contribution in [0.3, 0.4) is 0 Å². The quantitative estimate of drug-likeness (QED) is 0.807. The number of likely N-dealkylation sites (tertiary alicyclic amines) is 1. The predicted octanol–water partition coefficient (Wildman–Crippen LogP) is 3.78. The summed E-state index contributed by atoms with van der Waals surface area (Å²) in [4.78, 5) is 17.5. The van der Waals surface area contributed by atoms with E-state index in [0.29, 0.717) is 30.8 Å². The summed E-state index contributed by atoms with van der Waals surface area (Å²) < 4.78 is 48.0. The molecule has 9 heteroatoms. The molecule has 0 bridgehead atoms. The lowest BCUT2D eigenvalue weighted by atomic mass is 9.95. The van der Waals surface area contributed by atoms with Gasteiger partial charge in [0.2, 0.25) is 11.7 Å². The Balaban J connectivity index is 1.68. The van der Waals surface area contributed by atoms with Gasteiger partial charge in [0, 0.05) is 23.9 Å². The number of nitrogens with zero attached hydrogens (tertiary/aromatic N) is 3. The van der Waals surface area contributed by atoms with Crippen LogP contribution in [0.2, 0.25) is 0 Å². The zero-order valence-electron chi connectivity index (χ0n) is 15.2. The molecular weight excluding hydrogens is 363 g/mol. The maximum atomic E-state index is 12.6. The second kappa shape index (κ2) is 6.86. The van der Waals surface area contributed by atoms with Crippen molar-refractivity contribution in [3.05, 3.63) is 30.2 Å². The maximum absolute atomic E-state index is 12.6. The van der Waals surface area contributed by atoms with E-state index in [4.69, 9.17) is 4.74 Å². The van der Waals surface area contributed by atoms with Gasteiger partial charge in [0.05, 0.1) is 6.54 Å². The molecule has 1 aliphatic heterocycles. The van der Waals surface area contributed by atoms with Crippen molar-refractivity contribution < 1.29 is 27.2 Å². The van der Waals surface area contributed by atoms with Crippen LogP contribution in [0.15, 0.2) is 28.8 Å². The van der Waals surface area contributed by atoms with Gasteiger partial charge >= 0.3 is 12.1 Å². The van der Waals surface area contributed by atoms with E-state index in [1.807, 2.05) is 20.8 Å². The van der Waals surface area contributed by atoms with E-state index < -0.39 is 17.5 Å². The minimum atomic E-state index is -4.69. The average Bonchev–Trinajstić information content (AvgIpc) is 3.22. The molecule has 0 radical (unpaired) electrons. The first-order chi connectivity index (χ1) is 12.5. The second-order valence-corrected chi connectivity index (χ2v) is 7.48. The minimum Gasteiger partial charge on any atom is -0.488 e. The molecule has 0 aliphatic carbocycles. The number of carbonyl (C=O) groups excluding carboxylic acids is 1. The van der Waals surface area contributed by atoms with Crippen molar-refractivity contribution in [3.8, 4) is 17.1 Å². The number of hydrogen-bond acceptors (Lipinski definition) is 5. The van der Waals surface area contributed by atoms with Gasteiger partial charge in [-0.15, -0.1) is 0 Å². The highest BCUT2D eigenvalue weighted by Crippen LogP contribution is 2.31. The van der Waals surface area contributed by atoms with E-state index in [1.165, 1.54) is 0 Å². The number of amides is 1. The molecule has 1 saturated heterocycles. The monoisotopic (exact) mass is 383 g/mol. The Bertz CT molecular complexity index is 827. The number of rotatable bonds is 3. The number of ether oxygens (including phenoxy) is 1. The number of carbonyl (C=O) groups is 1. The van der Waals surface area contributed by atoms with Gasteiger partial charge in [0.25, 0.3) is 0 Å². The highest BCUT2D eigenvalue weighted by molar-refractivity contribution is 5.81. The van der Waals surface area contributed by atoms with Crippen LogP contribution in [0.25, 0.3) is 11.4 Å². The molecule has 6 nitrogen and oxygen atoms in total. The van der Waals surface area contributed by atoms with Crippen LogP contribution in [-0.4, -0.2) is 40.1 Å². The van der Waals surface area contributed by atoms with Gasteiger partial charge in [0.1, 0.15) is 11.9 Å². The average molecular weight is 383 g/mol. The summed E-state index contributed by atoms with van der Waals surface area (Å²) in [5.41, 5.74) is -0.101. The first-order valence-corrected chi connectivity index (χ1v) is 8.51. The van der Waals surface area contributed by atoms with Crippen LogP contribution in [0.4, 0.5) is 13.2 Å². The smallest absolute Gasteiger partial charge is 0.471 e. The van der Waals surface area contributed by atoms with E-state index in [0.717, 1.165) is 0 Å². The van der Waals surface area contributed by atoms with Crippen molar-refractivity contribution in [2.75, 3.05) is 13.1 Å². The first kappa shape index (κ1) is 19.2. The number of hydrogen-bond donors (Lipinski definition) is 0. The molecule has 1 aliphatic rings. The SMILES string of the molecule is CC(C)(C)C(=O)N1CC[C@H](Oc2cccc(-c3noc(C(F)(F)F)n3)c2)C1. The predicted molar refractivity (Wildman–Crippen MR) is 89.8 cm³/mol. The maximum Gasteiger partial charge on any atom is 0.471 e. The van der Waals surface area contributed by atoms with Crippen LogP contribution in [0.1, 0.15) is 33.1 Å². The lowest BCUT2D eigenvalue weighted by Gasteiger charge is -2.25. The van der Waals surface area contributed by atoms with Gasteiger partial charge in [-0.05, 0) is 12.1 Å². The molecule has 0 N–H and O–H groups in total. The van der Waals surface area contributed by atoms with Crippen molar-refractivity contribution >= 4 is 5.91 Å². The fourth-order valence-electron chi connectivity index (χ4n) is 2.84. The minimum absolute atomic E-state index is 0.0637. The zero-order chi connectivity index (χ0) is 19.8. The Hall–Kier alpha value is -2.58. The summed E-state index contributed by atoms with van der Waals surface area (Å²) in [7, 11) is 0. The molecule has 1 aromatic heterocycles. The van der Waals surface area contributed by atoms with Crippen LogP contribution >= 0.6 is 0 Å². The van der Waals surface area contributed by atoms with E-state index in [9.17, 15) is 18.0 Å². The molecule has 0 saturated carbocycles. The summed E-state index contributed by atoms with van der Waals surface area (Å²) in [6, 6.07) is 6.46. The van der Waals surface area contributed by atoms with Crippen LogP contribution in [-0.2, 0) is 11.0 Å². The molecule has 0 spiro atoms. The van der Waals surface area contributed by atoms with Gasteiger partial charge in [-0.3, -0.25) is 4.79 Å². The summed E-state index contributed by atoms with van der Waals surface area (Å²) in [6.45, 7) is 6.69. The van der Waals surface area contributed by atoms with Gasteiger partial charge in [-0.1, -0.05) is 38.1 Å². The van der Waals surface area contributed by atoms with Crippen molar-refractivity contribution in [1.29, 1.82) is 0 Å². The Morgan fingerprint density at radius 1 is 1.30 bits per heavy atom. The molecule has 27 heavy (non-hydrogen) atoms. The summed E-state index contributed by atoms with van der Waals surface area (Å²) >= 11 is 0. The normalized spacial score (nSPS) is 18.0. The molecule has 1 aromatic carbocycles. The molecule has 2 aromatic rings. The molecule has 146 valence electrons. The summed E-state index contributed by atoms with van der Waals surface area (Å²) in [5.74, 6) is -1.02. The lowest BCUT2D eigenvalue weighted by molar-refractivity contribution is -0.159. The molecular formula is C18H20F3N3O3. The van der Waals surface area contributed by atoms with Gasteiger partial charge < -0.3 is 14.2 Å². The van der Waals surface area contributed by atoms with Gasteiger partial charge in [0.15, 0.2) is 0 Å². The lowest BCUT2D eigenvalue weighted by Crippen LogP contribution is -2.38. The molecule has 1 amide bonds. The van der Waals surface area contributed by atoms with E-state index in [-0.39, 0.29) is 17.8 Å². The van der Waals surface area contributed by atoms with Crippen molar-refractivity contribution in [1.82, 2.24) is 15.0 Å². The molecule has 3 rings (SSSR count). The number of benzene rings is 1. The van der Waals surface area contributed by atoms with Gasteiger partial charge in [-0.25, -0.2) is 0 Å². The van der Waals surface area contributed by atoms with Gasteiger partial charge in [-0.2, -0.15) is 18.2 Å². The zero-order valence-corrected chi connectivity index (χ0v) is 15.2. The Morgan fingerprint density at radius 3 is 2.67 bits per heavy atom. The second-order valence-electron chi connectivity index (χ2n) is 7.48. The Labute approximate surface area is 154 Å². The largest absolute Gasteiger partial charge is 0.488 e. The third-order valence-corrected chi connectivity index (χ3v) is 4.14. The highest BCUT2D eigenvalue weighted by atomic mass is 19.4. The fraction of sp³-hybridized carbons (Fsp3) is 0.500. The van der Waals surface area contributed by atoms with E-state index in [2.05, 4.69) is 14.7 Å². The summed E-state index contributed by atoms with van der Waals surface area (Å²) in [6.07, 6.45) is -4.18. The highest BCUT2D eigenvalue weighted by Gasteiger charge is 2.38. The molecule has 0 unspecified atom stereocenters. The third-order valence-electron chi connectivity index (χ3n) is 4.14. The topological polar surface area (TPSA) is 68.5 Å². The standard InChI is InChI=1S/C18H20F3N3O3/c1-17(2,3)16(25)24-8-7-13(10-24)26-12-6-4-5-11(9-12)14-22-15(27-23-14)18(19,20)21/h4-6,9,13H,7-8,10H2,1-3H3/t13-/m0/s1. The summed E-state index contributed by atoms with van der Waals surface area (Å²) in [5, 5.41) is 3.37. The third kappa shape index (κ3) is 4.40. The molecule has 2 heterocycles. The van der Waals surface area contributed by atoms with Crippen molar-refractivity contribution in [2.24, 2.45) is 5.41 Å². The van der Waals surface area contributed by atoms with Crippen LogP contribution in [0.5, 0.6) is 5.75 Å². The van der Waals surface area contributed by atoms with Crippen molar-refractivity contribution in [3.63, 3.8) is 0 Å². The number of alkyl halides is 3. The molecule has 1 fully saturated rings. The van der Waals surface area contributed by atoms with Crippen LogP contribution in [0, 0.1) is 5.41 Å². The Morgan fingerprint density at radius 2 is 2.04 bits per heavy atom.